The van der Waals surface area contributed by atoms with Crippen LogP contribution >= 0.6 is 0 Å². The standard InChI is InChI=1S/C8H13N3O2/c1-6(7(12)10(2)3)11-5-4-9-8(11)13/h4-6H,1-3H3,(H,9,13). The lowest BCUT2D eigenvalue weighted by molar-refractivity contribution is -0.131. The normalized spacial score (nSPS) is 12.5. The molecular formula is C8H13N3O2. The molecule has 1 unspecified atom stereocenters. The van der Waals surface area contributed by atoms with Crippen molar-refractivity contribution >= 4 is 5.91 Å². The van der Waals surface area contributed by atoms with Gasteiger partial charge in [0.25, 0.3) is 0 Å². The molecule has 0 spiro atoms. The zero-order valence-electron chi connectivity index (χ0n) is 7.94. The number of carbonyl (C=O) groups excluding carboxylic acids is 1. The number of nitrogens with zero attached hydrogens (tertiary/aromatic N) is 2. The molecule has 1 N–H and O–H groups in total. The molecule has 0 aromatic carbocycles. The van der Waals surface area contributed by atoms with Gasteiger partial charge in [-0.15, -0.1) is 0 Å². The van der Waals surface area contributed by atoms with E-state index in [2.05, 4.69) is 4.98 Å². The van der Waals surface area contributed by atoms with Gasteiger partial charge in [-0.2, -0.15) is 0 Å². The monoisotopic (exact) mass is 183 g/mol. The summed E-state index contributed by atoms with van der Waals surface area (Å²) in [5.41, 5.74) is -0.261. The number of hydrogen-bond donors (Lipinski definition) is 1. The Morgan fingerprint density at radius 3 is 2.62 bits per heavy atom. The van der Waals surface area contributed by atoms with Gasteiger partial charge in [0.15, 0.2) is 0 Å². The highest BCUT2D eigenvalue weighted by Gasteiger charge is 2.17. The summed E-state index contributed by atoms with van der Waals surface area (Å²) in [6.07, 6.45) is 3.08. The average molecular weight is 183 g/mol. The third kappa shape index (κ3) is 1.80. The highest BCUT2D eigenvalue weighted by atomic mass is 16.2. The first-order valence-electron chi connectivity index (χ1n) is 4.00. The van der Waals surface area contributed by atoms with Gasteiger partial charge in [0.1, 0.15) is 6.04 Å². The fourth-order valence-corrected chi connectivity index (χ4v) is 1.13. The van der Waals surface area contributed by atoms with Crippen LogP contribution < -0.4 is 5.69 Å². The molecule has 5 heteroatoms. The fourth-order valence-electron chi connectivity index (χ4n) is 1.13. The van der Waals surface area contributed by atoms with E-state index in [-0.39, 0.29) is 11.6 Å². The molecule has 0 aliphatic heterocycles. The van der Waals surface area contributed by atoms with Gasteiger partial charge in [-0.05, 0) is 6.92 Å². The molecule has 1 aromatic heterocycles. The summed E-state index contributed by atoms with van der Waals surface area (Å²) in [5, 5.41) is 0. The first-order chi connectivity index (χ1) is 6.04. The quantitative estimate of drug-likeness (QED) is 0.691. The van der Waals surface area contributed by atoms with Crippen molar-refractivity contribution in [1.29, 1.82) is 0 Å². The van der Waals surface area contributed by atoms with Crippen LogP contribution in [0.15, 0.2) is 17.2 Å². The minimum Gasteiger partial charge on any atom is -0.347 e. The van der Waals surface area contributed by atoms with E-state index in [0.29, 0.717) is 0 Å². The van der Waals surface area contributed by atoms with E-state index < -0.39 is 6.04 Å². The lowest BCUT2D eigenvalue weighted by Crippen LogP contribution is -2.33. The first-order valence-corrected chi connectivity index (χ1v) is 4.00. The third-order valence-electron chi connectivity index (χ3n) is 1.89. The maximum absolute atomic E-state index is 11.4. The van der Waals surface area contributed by atoms with Crippen LogP contribution in [0.25, 0.3) is 0 Å². The predicted octanol–water partition coefficient (Wildman–Crippen LogP) is -0.174. The van der Waals surface area contributed by atoms with Crippen LogP contribution in [0.1, 0.15) is 13.0 Å². The van der Waals surface area contributed by atoms with Crippen LogP contribution in [-0.2, 0) is 4.79 Å². The van der Waals surface area contributed by atoms with Crippen molar-refractivity contribution in [2.24, 2.45) is 0 Å². The van der Waals surface area contributed by atoms with E-state index in [9.17, 15) is 9.59 Å². The predicted molar refractivity (Wildman–Crippen MR) is 48.5 cm³/mol. The lowest BCUT2D eigenvalue weighted by atomic mass is 10.3. The summed E-state index contributed by atoms with van der Waals surface area (Å²) in [6, 6.07) is -0.450. The smallest absolute Gasteiger partial charge is 0.326 e. The maximum atomic E-state index is 11.4. The van der Waals surface area contributed by atoms with Gasteiger partial charge in [-0.3, -0.25) is 9.36 Å². The molecule has 1 aromatic rings. The molecular weight excluding hydrogens is 170 g/mol. The SMILES string of the molecule is CC(C(=O)N(C)C)n1cc[nH]c1=O. The van der Waals surface area contributed by atoms with Crippen LogP contribution in [-0.4, -0.2) is 34.5 Å². The Kier molecular flexibility index (Phi) is 2.55. The van der Waals surface area contributed by atoms with E-state index in [4.69, 9.17) is 0 Å². The summed E-state index contributed by atoms with van der Waals surface area (Å²) in [7, 11) is 3.33. The molecule has 1 heterocycles. The van der Waals surface area contributed by atoms with E-state index in [1.54, 1.807) is 27.2 Å². The molecule has 0 bridgehead atoms. The molecule has 13 heavy (non-hydrogen) atoms. The second-order valence-electron chi connectivity index (χ2n) is 3.08. The van der Waals surface area contributed by atoms with Crippen LogP contribution in [0.2, 0.25) is 0 Å². The molecule has 0 fully saturated rings. The van der Waals surface area contributed by atoms with E-state index >= 15 is 0 Å². The molecule has 0 saturated carbocycles. The summed E-state index contributed by atoms with van der Waals surface area (Å²) >= 11 is 0. The number of H-pyrrole nitrogens is 1. The Morgan fingerprint density at radius 2 is 2.23 bits per heavy atom. The van der Waals surface area contributed by atoms with Crippen LogP contribution in [0.5, 0.6) is 0 Å². The number of aromatic nitrogens is 2. The molecule has 72 valence electrons. The zero-order chi connectivity index (χ0) is 10.0. The second kappa shape index (κ2) is 3.47. The topological polar surface area (TPSA) is 58.1 Å². The number of aromatic amines is 1. The minimum absolute atomic E-state index is 0.0956. The summed E-state index contributed by atoms with van der Waals surface area (Å²) in [4.78, 5) is 26.5. The Hall–Kier alpha value is -1.52. The fraction of sp³-hybridized carbons (Fsp3) is 0.500. The average Bonchev–Trinajstić information content (AvgIpc) is 2.48. The van der Waals surface area contributed by atoms with Gasteiger partial charge in [-0.1, -0.05) is 0 Å². The largest absolute Gasteiger partial charge is 0.347 e. The Balaban J connectivity index is 2.92. The number of carbonyl (C=O) groups is 1. The van der Waals surface area contributed by atoms with Crippen molar-refractivity contribution < 1.29 is 4.79 Å². The Morgan fingerprint density at radius 1 is 1.62 bits per heavy atom. The molecule has 5 nitrogen and oxygen atoms in total. The number of amides is 1. The number of nitrogens with one attached hydrogen (secondary N) is 1. The zero-order valence-corrected chi connectivity index (χ0v) is 7.94. The van der Waals surface area contributed by atoms with E-state index in [1.807, 2.05) is 0 Å². The Bertz CT molecular complexity index is 350. The van der Waals surface area contributed by atoms with Crippen molar-refractivity contribution in [3.05, 3.63) is 22.9 Å². The summed E-state index contributed by atoms with van der Waals surface area (Å²) in [5.74, 6) is -0.0956. The molecule has 0 saturated heterocycles. The van der Waals surface area contributed by atoms with Crippen LogP contribution in [0, 0.1) is 0 Å². The highest BCUT2D eigenvalue weighted by Crippen LogP contribution is 2.03. The first kappa shape index (κ1) is 9.57. The summed E-state index contributed by atoms with van der Waals surface area (Å²) in [6.45, 7) is 1.69. The van der Waals surface area contributed by atoms with Crippen LogP contribution in [0.4, 0.5) is 0 Å². The molecule has 1 rings (SSSR count). The van der Waals surface area contributed by atoms with Gasteiger partial charge in [0, 0.05) is 26.5 Å². The van der Waals surface area contributed by atoms with E-state index in [0.717, 1.165) is 0 Å². The lowest BCUT2D eigenvalue weighted by Gasteiger charge is -2.16. The second-order valence-corrected chi connectivity index (χ2v) is 3.08. The highest BCUT2D eigenvalue weighted by molar-refractivity contribution is 5.79. The molecule has 0 aliphatic rings. The van der Waals surface area contributed by atoms with Crippen molar-refractivity contribution in [3.63, 3.8) is 0 Å². The maximum Gasteiger partial charge on any atom is 0.326 e. The van der Waals surface area contributed by atoms with E-state index in [1.165, 1.54) is 15.7 Å². The van der Waals surface area contributed by atoms with Crippen molar-refractivity contribution in [2.45, 2.75) is 13.0 Å². The number of rotatable bonds is 2. The van der Waals surface area contributed by atoms with Gasteiger partial charge < -0.3 is 9.88 Å². The molecule has 0 aliphatic carbocycles. The van der Waals surface area contributed by atoms with Crippen molar-refractivity contribution in [1.82, 2.24) is 14.5 Å². The number of imidazole rings is 1. The summed E-state index contributed by atoms with van der Waals surface area (Å²) < 4.78 is 1.36. The van der Waals surface area contributed by atoms with Crippen LogP contribution in [0.3, 0.4) is 0 Å². The van der Waals surface area contributed by atoms with Gasteiger partial charge >= 0.3 is 5.69 Å². The third-order valence-corrected chi connectivity index (χ3v) is 1.89. The van der Waals surface area contributed by atoms with Crippen molar-refractivity contribution in [2.75, 3.05) is 14.1 Å². The molecule has 0 radical (unpaired) electrons. The van der Waals surface area contributed by atoms with Gasteiger partial charge in [0.2, 0.25) is 5.91 Å². The molecule has 1 amide bonds. The minimum atomic E-state index is -0.450. The Labute approximate surface area is 76.0 Å². The van der Waals surface area contributed by atoms with Crippen molar-refractivity contribution in [3.8, 4) is 0 Å². The van der Waals surface area contributed by atoms with Gasteiger partial charge in [0.05, 0.1) is 0 Å². The molecule has 1 atom stereocenters. The van der Waals surface area contributed by atoms with Gasteiger partial charge in [-0.25, -0.2) is 4.79 Å². The number of likely N-dealkylation sites (N-methyl/N-ethyl adjacent to an activating group) is 1. The number of hydrogen-bond acceptors (Lipinski definition) is 2.